The summed E-state index contributed by atoms with van der Waals surface area (Å²) in [6, 6.07) is 9.03. The van der Waals surface area contributed by atoms with Crippen molar-refractivity contribution in [2.45, 2.75) is 25.8 Å². The van der Waals surface area contributed by atoms with Crippen LogP contribution in [0.15, 0.2) is 24.3 Å². The highest BCUT2D eigenvalue weighted by Crippen LogP contribution is 2.32. The molecule has 0 bridgehead atoms. The van der Waals surface area contributed by atoms with Gasteiger partial charge in [0, 0.05) is 30.0 Å². The summed E-state index contributed by atoms with van der Waals surface area (Å²) < 4.78 is 1.07. The molecule has 0 spiro atoms. The second-order valence-electron chi connectivity index (χ2n) is 4.46. The van der Waals surface area contributed by atoms with E-state index in [0.29, 0.717) is 0 Å². The van der Waals surface area contributed by atoms with Crippen LogP contribution in [0.1, 0.15) is 19.8 Å². The van der Waals surface area contributed by atoms with Gasteiger partial charge >= 0.3 is 0 Å². The summed E-state index contributed by atoms with van der Waals surface area (Å²) in [6.07, 6.45) is 2.67. The van der Waals surface area contributed by atoms with Crippen LogP contribution in [0, 0.1) is 0 Å². The average Bonchev–Trinajstić information content (AvgIpc) is 2.49. The van der Waals surface area contributed by atoms with Crippen molar-refractivity contribution in [1.29, 1.82) is 0 Å². The highest BCUT2D eigenvalue weighted by atomic mass is 127. The Morgan fingerprint density at radius 3 is 2.33 bits per heavy atom. The van der Waals surface area contributed by atoms with E-state index in [1.165, 1.54) is 25.1 Å². The van der Waals surface area contributed by atoms with Gasteiger partial charge in [-0.2, -0.15) is 0 Å². The Balaban J connectivity index is 0.00000112. The first-order valence-corrected chi connectivity index (χ1v) is 5.62. The number of nitrogens with zero attached hydrogens (tertiary/aromatic N) is 1. The number of hydrogen-bond acceptors (Lipinski definition) is 0. The van der Waals surface area contributed by atoms with Gasteiger partial charge in [-0.1, -0.05) is 11.6 Å². The van der Waals surface area contributed by atoms with Crippen LogP contribution in [-0.4, -0.2) is 19.6 Å². The zero-order valence-electron chi connectivity index (χ0n) is 9.21. The lowest BCUT2D eigenvalue weighted by molar-refractivity contribution is -0.00000288. The molecule has 0 N–H and O–H groups in total. The Bertz CT molecular complexity index is 325. The number of likely N-dealkylation sites (tertiary alicyclic amines) is 1. The molecule has 1 heterocycles. The van der Waals surface area contributed by atoms with Crippen molar-refractivity contribution in [3.05, 3.63) is 29.3 Å². The quantitative estimate of drug-likeness (QED) is 0.516. The molecule has 1 aromatic rings. The molecule has 1 nitrogen and oxygen atoms in total. The fourth-order valence-electron chi connectivity index (χ4n) is 2.39. The van der Waals surface area contributed by atoms with Gasteiger partial charge in [-0.25, -0.2) is 0 Å². The van der Waals surface area contributed by atoms with Crippen LogP contribution in [-0.2, 0) is 0 Å². The van der Waals surface area contributed by atoms with E-state index in [-0.39, 0.29) is 24.0 Å². The minimum atomic E-state index is 0. The Hall–Kier alpha value is 0.200. The normalized spacial score (nSPS) is 29.9. The molecule has 1 saturated heterocycles. The van der Waals surface area contributed by atoms with Crippen LogP contribution < -0.4 is 28.5 Å². The molecule has 3 heteroatoms. The number of benzene rings is 1. The molecule has 1 aliphatic rings. The van der Waals surface area contributed by atoms with Crippen LogP contribution in [0.2, 0.25) is 5.02 Å². The molecule has 0 saturated carbocycles. The van der Waals surface area contributed by atoms with Gasteiger partial charge in [0.25, 0.3) is 0 Å². The smallest absolute Gasteiger partial charge is 0.132 e. The molecule has 0 radical (unpaired) electrons. The summed E-state index contributed by atoms with van der Waals surface area (Å²) in [5.74, 6) is 0. The Kier molecular flexibility index (Phi) is 4.44. The molecule has 2 rings (SSSR count). The molecular weight excluding hydrogens is 320 g/mol. The highest BCUT2D eigenvalue weighted by Gasteiger charge is 2.36. The van der Waals surface area contributed by atoms with Crippen LogP contribution in [0.3, 0.4) is 0 Å². The molecule has 0 amide bonds. The fourth-order valence-corrected chi connectivity index (χ4v) is 2.51. The van der Waals surface area contributed by atoms with Crippen LogP contribution in [0.25, 0.3) is 0 Å². The third kappa shape index (κ3) is 2.48. The Morgan fingerprint density at radius 1 is 1.27 bits per heavy atom. The number of rotatable bonds is 1. The lowest BCUT2D eigenvalue weighted by Gasteiger charge is -2.33. The monoisotopic (exact) mass is 337 g/mol. The van der Waals surface area contributed by atoms with Gasteiger partial charge in [0.05, 0.1) is 19.6 Å². The van der Waals surface area contributed by atoms with Crippen molar-refractivity contribution in [2.24, 2.45) is 0 Å². The summed E-state index contributed by atoms with van der Waals surface area (Å²) in [6.45, 7) is 3.59. The molecule has 84 valence electrons. The first-order valence-electron chi connectivity index (χ1n) is 5.24. The summed E-state index contributed by atoms with van der Waals surface area (Å²) in [5.41, 5.74) is 1.39. The molecule has 1 fully saturated rings. The van der Waals surface area contributed by atoms with Crippen molar-refractivity contribution in [3.63, 3.8) is 0 Å². The molecule has 1 aliphatic heterocycles. The number of halogens is 2. The van der Waals surface area contributed by atoms with Gasteiger partial charge < -0.3 is 24.0 Å². The largest absolute Gasteiger partial charge is 1.00 e. The average molecular weight is 338 g/mol. The summed E-state index contributed by atoms with van der Waals surface area (Å²) in [4.78, 5) is 0. The van der Waals surface area contributed by atoms with Gasteiger partial charge in [-0.3, -0.25) is 4.48 Å². The molecule has 2 unspecified atom stereocenters. The number of hydrogen-bond donors (Lipinski definition) is 0. The van der Waals surface area contributed by atoms with E-state index >= 15 is 0 Å². The van der Waals surface area contributed by atoms with Gasteiger partial charge in [-0.15, -0.1) is 0 Å². The van der Waals surface area contributed by atoms with Crippen molar-refractivity contribution in [1.82, 2.24) is 4.48 Å². The van der Waals surface area contributed by atoms with E-state index in [1.807, 2.05) is 12.1 Å². The lowest BCUT2D eigenvalue weighted by Crippen LogP contribution is -3.00. The van der Waals surface area contributed by atoms with E-state index in [4.69, 9.17) is 11.6 Å². The van der Waals surface area contributed by atoms with E-state index in [1.54, 1.807) is 0 Å². The lowest BCUT2D eigenvalue weighted by atomic mass is 10.2. The van der Waals surface area contributed by atoms with Crippen LogP contribution in [0.4, 0.5) is 5.69 Å². The zero-order valence-corrected chi connectivity index (χ0v) is 12.1. The maximum atomic E-state index is 5.89. The van der Waals surface area contributed by atoms with E-state index in [0.717, 1.165) is 15.5 Å². The Labute approximate surface area is 114 Å². The molecule has 2 atom stereocenters. The second kappa shape index (κ2) is 5.02. The van der Waals surface area contributed by atoms with Gasteiger partial charge in [0.1, 0.15) is 5.69 Å². The minimum absolute atomic E-state index is 0. The van der Waals surface area contributed by atoms with Gasteiger partial charge in [0.2, 0.25) is 0 Å². The number of quaternary nitrogens is 1. The summed E-state index contributed by atoms with van der Waals surface area (Å²) in [7, 11) is 2.32. The fraction of sp³-hybridized carbons (Fsp3) is 0.500. The van der Waals surface area contributed by atoms with Crippen molar-refractivity contribution in [3.8, 4) is 0 Å². The van der Waals surface area contributed by atoms with E-state index < -0.39 is 0 Å². The summed E-state index contributed by atoms with van der Waals surface area (Å²) >= 11 is 5.89. The first-order chi connectivity index (χ1) is 6.63. The SMILES string of the molecule is CC1CCC[N+]1(C)c1ccc(Cl)cc1.[I-]. The first kappa shape index (κ1) is 13.3. The molecule has 0 aromatic heterocycles. The van der Waals surface area contributed by atoms with Crippen molar-refractivity contribution >= 4 is 17.3 Å². The van der Waals surface area contributed by atoms with Crippen LogP contribution in [0.5, 0.6) is 0 Å². The predicted octanol–water partition coefficient (Wildman–Crippen LogP) is 0.463. The topological polar surface area (TPSA) is 0 Å². The summed E-state index contributed by atoms with van der Waals surface area (Å²) in [5, 5.41) is 0.826. The molecule has 1 aromatic carbocycles. The van der Waals surface area contributed by atoms with Crippen LogP contribution >= 0.6 is 11.6 Å². The zero-order chi connectivity index (χ0) is 10.2. The third-order valence-corrected chi connectivity index (χ3v) is 3.89. The van der Waals surface area contributed by atoms with Crippen molar-refractivity contribution in [2.75, 3.05) is 13.6 Å². The third-order valence-electron chi connectivity index (χ3n) is 3.63. The molecular formula is C12H17ClIN. The standard InChI is InChI=1S/C12H17ClN.HI/c1-10-4-3-9-14(10,2)12-7-5-11(13)6-8-12;/h5-8,10H,3-4,9H2,1-2H3;1H/q+1;/p-1. The van der Waals surface area contributed by atoms with Gasteiger partial charge in [0.15, 0.2) is 0 Å². The van der Waals surface area contributed by atoms with E-state index in [2.05, 4.69) is 26.1 Å². The van der Waals surface area contributed by atoms with Gasteiger partial charge in [-0.05, 0) is 19.1 Å². The highest BCUT2D eigenvalue weighted by molar-refractivity contribution is 6.30. The molecule has 0 aliphatic carbocycles. The minimum Gasteiger partial charge on any atom is -1.00 e. The van der Waals surface area contributed by atoms with Crippen molar-refractivity contribution < 1.29 is 24.0 Å². The second-order valence-corrected chi connectivity index (χ2v) is 4.90. The molecule has 15 heavy (non-hydrogen) atoms. The predicted molar refractivity (Wildman–Crippen MR) is 62.7 cm³/mol. The van der Waals surface area contributed by atoms with E-state index in [9.17, 15) is 0 Å². The maximum absolute atomic E-state index is 5.89. The maximum Gasteiger partial charge on any atom is 0.132 e. The Morgan fingerprint density at radius 2 is 1.87 bits per heavy atom.